The molecule has 9 heteroatoms. The number of carboxylic acid groups (broad SMARTS) is 1. The molecule has 2 aromatic carbocycles. The number of rotatable bonds is 9. The molecule has 0 bridgehead atoms. The van der Waals surface area contributed by atoms with E-state index in [4.69, 9.17) is 14.6 Å². The molecule has 0 saturated carbocycles. The van der Waals surface area contributed by atoms with Crippen molar-refractivity contribution in [2.24, 2.45) is 5.92 Å². The molecule has 9 nitrogen and oxygen atoms in total. The summed E-state index contributed by atoms with van der Waals surface area (Å²) in [5.74, 6) is -1.92. The lowest BCUT2D eigenvalue weighted by atomic mass is 9.98. The lowest BCUT2D eigenvalue weighted by Gasteiger charge is -2.23. The van der Waals surface area contributed by atoms with Crippen LogP contribution in [-0.4, -0.2) is 80.5 Å². The van der Waals surface area contributed by atoms with Crippen LogP contribution in [0.25, 0.3) is 11.1 Å². The molecule has 1 aliphatic carbocycles. The second kappa shape index (κ2) is 10.9. The van der Waals surface area contributed by atoms with E-state index in [0.29, 0.717) is 6.42 Å². The molecule has 1 unspecified atom stereocenters. The van der Waals surface area contributed by atoms with Gasteiger partial charge in [-0.15, -0.1) is 0 Å². The van der Waals surface area contributed by atoms with Crippen molar-refractivity contribution in [3.63, 3.8) is 0 Å². The maximum absolute atomic E-state index is 12.8. The first-order valence-electron chi connectivity index (χ1n) is 11.7. The zero-order valence-electron chi connectivity index (χ0n) is 19.9. The number of fused-ring (bicyclic) bond motifs is 3. The largest absolute Gasteiger partial charge is 0.481 e. The van der Waals surface area contributed by atoms with E-state index in [1.54, 1.807) is 19.0 Å². The number of hydrogen-bond donors (Lipinski definition) is 3. The minimum Gasteiger partial charge on any atom is -0.481 e. The molecule has 1 fully saturated rings. The number of carboxylic acids is 1. The standard InChI is InChI=1S/C26H31N3O6/c1-29(2)13-23(24(30)27-12-17-11-16(14-34-17)25(31)32)28-26(33)35-15-22-20-9-5-3-7-18(20)19-8-4-6-10-21(19)22/h3-10,16-17,22-23H,11-15H2,1-2H3,(H,27,30)(H,28,33)(H,31,32)/t16-,17-,23?/m1/s1. The fraction of sp³-hybridized carbons (Fsp3) is 0.423. The summed E-state index contributed by atoms with van der Waals surface area (Å²) in [7, 11) is 3.61. The highest BCUT2D eigenvalue weighted by Crippen LogP contribution is 2.44. The maximum atomic E-state index is 12.8. The predicted molar refractivity (Wildman–Crippen MR) is 129 cm³/mol. The summed E-state index contributed by atoms with van der Waals surface area (Å²) in [6.07, 6.45) is -0.695. The van der Waals surface area contributed by atoms with Crippen LogP contribution in [0.15, 0.2) is 48.5 Å². The number of benzene rings is 2. The van der Waals surface area contributed by atoms with E-state index in [1.807, 2.05) is 36.4 Å². The number of likely N-dealkylation sites (N-methyl/N-ethyl adjacent to an activating group) is 1. The Balaban J connectivity index is 1.33. The third kappa shape index (κ3) is 5.80. The van der Waals surface area contributed by atoms with Crippen molar-refractivity contribution < 1.29 is 29.0 Å². The highest BCUT2D eigenvalue weighted by molar-refractivity contribution is 5.86. The Kier molecular flexibility index (Phi) is 7.67. The first kappa shape index (κ1) is 24.7. The molecule has 0 aromatic heterocycles. The number of nitrogens with zero attached hydrogens (tertiary/aromatic N) is 1. The highest BCUT2D eigenvalue weighted by Gasteiger charge is 2.32. The summed E-state index contributed by atoms with van der Waals surface area (Å²) in [4.78, 5) is 38.4. The highest BCUT2D eigenvalue weighted by atomic mass is 16.5. The molecule has 3 atom stereocenters. The Labute approximate surface area is 204 Å². The summed E-state index contributed by atoms with van der Waals surface area (Å²) in [5.41, 5.74) is 4.50. The molecular formula is C26H31N3O6. The molecule has 0 spiro atoms. The minimum absolute atomic E-state index is 0.0732. The van der Waals surface area contributed by atoms with Gasteiger partial charge >= 0.3 is 12.1 Å². The fourth-order valence-corrected chi connectivity index (χ4v) is 4.70. The Hall–Kier alpha value is -3.43. The quantitative estimate of drug-likeness (QED) is 0.502. The molecule has 186 valence electrons. The van der Waals surface area contributed by atoms with Crippen LogP contribution >= 0.6 is 0 Å². The van der Waals surface area contributed by atoms with Crippen LogP contribution in [0.2, 0.25) is 0 Å². The fourth-order valence-electron chi connectivity index (χ4n) is 4.70. The smallest absolute Gasteiger partial charge is 0.407 e. The van der Waals surface area contributed by atoms with Gasteiger partial charge in [-0.3, -0.25) is 9.59 Å². The van der Waals surface area contributed by atoms with Gasteiger partial charge in [-0.1, -0.05) is 48.5 Å². The lowest BCUT2D eigenvalue weighted by Crippen LogP contribution is -2.52. The molecule has 1 saturated heterocycles. The summed E-state index contributed by atoms with van der Waals surface area (Å²) >= 11 is 0. The molecule has 2 aromatic rings. The van der Waals surface area contributed by atoms with Gasteiger partial charge in [0, 0.05) is 19.0 Å². The van der Waals surface area contributed by atoms with E-state index in [9.17, 15) is 14.4 Å². The SMILES string of the molecule is CN(C)CC(NC(=O)OCC1c2ccccc2-c2ccccc21)C(=O)NC[C@H]1C[C@@H](C(=O)O)CO1. The van der Waals surface area contributed by atoms with Crippen LogP contribution in [0.3, 0.4) is 0 Å². The van der Waals surface area contributed by atoms with Gasteiger partial charge < -0.3 is 30.1 Å². The van der Waals surface area contributed by atoms with Crippen LogP contribution in [0, 0.1) is 5.92 Å². The molecule has 2 aliphatic rings. The Bertz CT molecular complexity index is 1040. The van der Waals surface area contributed by atoms with E-state index in [-0.39, 0.29) is 44.2 Å². The second-order valence-electron chi connectivity index (χ2n) is 9.26. The van der Waals surface area contributed by atoms with Gasteiger partial charge in [-0.05, 0) is 42.8 Å². The Morgan fingerprint density at radius 1 is 1.09 bits per heavy atom. The molecule has 3 N–H and O–H groups in total. The first-order valence-corrected chi connectivity index (χ1v) is 11.7. The Morgan fingerprint density at radius 2 is 1.71 bits per heavy atom. The van der Waals surface area contributed by atoms with E-state index in [2.05, 4.69) is 22.8 Å². The Morgan fingerprint density at radius 3 is 2.29 bits per heavy atom. The minimum atomic E-state index is -0.902. The van der Waals surface area contributed by atoms with E-state index >= 15 is 0 Å². The third-order valence-corrected chi connectivity index (χ3v) is 6.43. The second-order valence-corrected chi connectivity index (χ2v) is 9.26. The molecule has 2 amide bonds. The van der Waals surface area contributed by atoms with Gasteiger partial charge in [-0.2, -0.15) is 0 Å². The van der Waals surface area contributed by atoms with E-state index in [1.165, 1.54) is 0 Å². The van der Waals surface area contributed by atoms with Gasteiger partial charge in [0.15, 0.2) is 0 Å². The van der Waals surface area contributed by atoms with Crippen molar-refractivity contribution in [1.29, 1.82) is 0 Å². The van der Waals surface area contributed by atoms with Crippen molar-refractivity contribution in [3.05, 3.63) is 59.7 Å². The number of ether oxygens (including phenoxy) is 2. The summed E-state index contributed by atoms with van der Waals surface area (Å²) in [6.45, 7) is 0.746. The average Bonchev–Trinajstić information content (AvgIpc) is 3.44. The number of carbonyl (C=O) groups excluding carboxylic acids is 2. The molecule has 4 rings (SSSR count). The number of aliphatic carboxylic acids is 1. The molecule has 1 aliphatic heterocycles. The van der Waals surface area contributed by atoms with Gasteiger partial charge in [0.1, 0.15) is 12.6 Å². The molecule has 0 radical (unpaired) electrons. The van der Waals surface area contributed by atoms with Crippen LogP contribution in [0.5, 0.6) is 0 Å². The van der Waals surface area contributed by atoms with Crippen LogP contribution in [0.1, 0.15) is 23.5 Å². The number of amides is 2. The molecular weight excluding hydrogens is 450 g/mol. The normalized spacial score (nSPS) is 19.6. The number of hydrogen-bond acceptors (Lipinski definition) is 6. The van der Waals surface area contributed by atoms with E-state index < -0.39 is 24.0 Å². The lowest BCUT2D eigenvalue weighted by molar-refractivity contribution is -0.141. The zero-order valence-corrected chi connectivity index (χ0v) is 19.9. The summed E-state index contributed by atoms with van der Waals surface area (Å²) in [5, 5.41) is 14.5. The molecule has 35 heavy (non-hydrogen) atoms. The third-order valence-electron chi connectivity index (χ3n) is 6.43. The van der Waals surface area contributed by atoms with Crippen LogP contribution < -0.4 is 10.6 Å². The van der Waals surface area contributed by atoms with Gasteiger partial charge in [0.05, 0.1) is 18.6 Å². The van der Waals surface area contributed by atoms with Crippen molar-refractivity contribution >= 4 is 18.0 Å². The number of alkyl carbamates (subject to hydrolysis) is 1. The monoisotopic (exact) mass is 481 g/mol. The van der Waals surface area contributed by atoms with Crippen molar-refractivity contribution in [3.8, 4) is 11.1 Å². The van der Waals surface area contributed by atoms with Crippen LogP contribution in [0.4, 0.5) is 4.79 Å². The summed E-state index contributed by atoms with van der Waals surface area (Å²) < 4.78 is 11.0. The topological polar surface area (TPSA) is 117 Å². The van der Waals surface area contributed by atoms with Crippen molar-refractivity contribution in [2.75, 3.05) is 40.4 Å². The molecule has 1 heterocycles. The number of nitrogens with one attached hydrogen (secondary N) is 2. The van der Waals surface area contributed by atoms with Crippen molar-refractivity contribution in [2.45, 2.75) is 24.5 Å². The van der Waals surface area contributed by atoms with Crippen LogP contribution in [-0.2, 0) is 19.1 Å². The summed E-state index contributed by atoms with van der Waals surface area (Å²) in [6, 6.07) is 15.3. The van der Waals surface area contributed by atoms with Gasteiger partial charge in [0.2, 0.25) is 5.91 Å². The van der Waals surface area contributed by atoms with E-state index in [0.717, 1.165) is 22.3 Å². The van der Waals surface area contributed by atoms with Gasteiger partial charge in [-0.25, -0.2) is 4.79 Å². The average molecular weight is 482 g/mol. The van der Waals surface area contributed by atoms with Gasteiger partial charge in [0.25, 0.3) is 0 Å². The van der Waals surface area contributed by atoms with Crippen molar-refractivity contribution in [1.82, 2.24) is 15.5 Å². The number of carbonyl (C=O) groups is 3. The predicted octanol–water partition coefficient (Wildman–Crippen LogP) is 2.06. The zero-order chi connectivity index (χ0) is 24.9. The first-order chi connectivity index (χ1) is 16.8. The maximum Gasteiger partial charge on any atom is 0.407 e.